The Balaban J connectivity index is 0. The van der Waals surface area contributed by atoms with Crippen LogP contribution in [0.5, 0.6) is 0 Å². The van der Waals surface area contributed by atoms with E-state index in [1.807, 2.05) is 6.92 Å². The van der Waals surface area contributed by atoms with E-state index in [9.17, 15) is 13.2 Å². The summed E-state index contributed by atoms with van der Waals surface area (Å²) in [4.78, 5) is 10.6. The van der Waals surface area contributed by atoms with E-state index in [0.29, 0.717) is 6.42 Å². The SMILES string of the molecule is C=C(C)C(=O)OCCS(=O)(=O)O.CCC(N)(CO)CO. The third kappa shape index (κ3) is 12.1. The molecule has 0 atom stereocenters. The molecule has 0 aliphatic rings. The number of aliphatic hydroxyl groups is 2. The standard InChI is InChI=1S/C6H10O5S.C5H13NO2/c1-5(2)6(7)11-3-4-12(8,9)10;1-2-5(6,3-7)4-8/h1,3-4H2,2H3,(H,8,9,10);7-8H,2-4,6H2,1H3. The summed E-state index contributed by atoms with van der Waals surface area (Å²) < 4.78 is 32.9. The second kappa shape index (κ2) is 9.83. The van der Waals surface area contributed by atoms with Gasteiger partial charge in [0.15, 0.2) is 0 Å². The Hall–Kier alpha value is -1.00. The quantitative estimate of drug-likeness (QED) is 0.268. The minimum atomic E-state index is -4.05. The summed E-state index contributed by atoms with van der Waals surface area (Å²) in [5.41, 5.74) is 4.82. The first-order valence-corrected chi connectivity index (χ1v) is 7.40. The van der Waals surface area contributed by atoms with Crippen molar-refractivity contribution in [2.75, 3.05) is 25.6 Å². The third-order valence-corrected chi connectivity index (χ3v) is 2.94. The van der Waals surface area contributed by atoms with E-state index < -0.39 is 27.4 Å². The number of ether oxygens (including phenoxy) is 1. The molecule has 0 aromatic carbocycles. The molecule has 20 heavy (non-hydrogen) atoms. The Kier molecular flexibility index (Phi) is 10.5. The maximum atomic E-state index is 10.6. The Morgan fingerprint density at radius 1 is 1.35 bits per heavy atom. The summed E-state index contributed by atoms with van der Waals surface area (Å²) in [5, 5.41) is 17.0. The smallest absolute Gasteiger partial charge is 0.333 e. The van der Waals surface area contributed by atoms with E-state index >= 15 is 0 Å². The van der Waals surface area contributed by atoms with Crippen LogP contribution < -0.4 is 5.73 Å². The number of rotatable bonds is 7. The van der Waals surface area contributed by atoms with Gasteiger partial charge in [0, 0.05) is 5.57 Å². The molecule has 0 spiro atoms. The van der Waals surface area contributed by atoms with Gasteiger partial charge < -0.3 is 20.7 Å². The van der Waals surface area contributed by atoms with Gasteiger partial charge in [-0.1, -0.05) is 13.5 Å². The van der Waals surface area contributed by atoms with E-state index in [2.05, 4.69) is 11.3 Å². The van der Waals surface area contributed by atoms with Crippen LogP contribution in [0.4, 0.5) is 0 Å². The monoisotopic (exact) mass is 313 g/mol. The molecule has 0 rings (SSSR count). The number of nitrogens with two attached hydrogens (primary N) is 1. The summed E-state index contributed by atoms with van der Waals surface area (Å²) >= 11 is 0. The lowest BCUT2D eigenvalue weighted by Gasteiger charge is -2.21. The van der Waals surface area contributed by atoms with Gasteiger partial charge in [-0.2, -0.15) is 8.42 Å². The fourth-order valence-electron chi connectivity index (χ4n) is 0.636. The van der Waals surface area contributed by atoms with E-state index in [-0.39, 0.29) is 25.4 Å². The molecule has 0 saturated heterocycles. The van der Waals surface area contributed by atoms with Crippen LogP contribution in [0, 0.1) is 0 Å². The first-order chi connectivity index (χ1) is 9.01. The highest BCUT2D eigenvalue weighted by Crippen LogP contribution is 2.01. The van der Waals surface area contributed by atoms with Gasteiger partial charge in [-0.3, -0.25) is 4.55 Å². The van der Waals surface area contributed by atoms with Crippen molar-refractivity contribution in [2.24, 2.45) is 5.73 Å². The van der Waals surface area contributed by atoms with E-state index in [1.165, 1.54) is 6.92 Å². The van der Waals surface area contributed by atoms with Crippen molar-refractivity contribution in [3.8, 4) is 0 Å². The summed E-state index contributed by atoms with van der Waals surface area (Å²) in [7, 11) is -4.05. The second-order valence-corrected chi connectivity index (χ2v) is 5.81. The molecule has 0 bridgehead atoms. The second-order valence-electron chi connectivity index (χ2n) is 4.23. The molecule has 0 amide bonds. The van der Waals surface area contributed by atoms with Gasteiger partial charge in [-0.15, -0.1) is 0 Å². The molecular formula is C11H23NO7S. The minimum Gasteiger partial charge on any atom is -0.461 e. The normalized spacial score (nSPS) is 11.3. The number of esters is 1. The van der Waals surface area contributed by atoms with Crippen molar-refractivity contribution in [3.05, 3.63) is 12.2 Å². The highest BCUT2D eigenvalue weighted by molar-refractivity contribution is 7.85. The molecule has 0 aliphatic heterocycles. The molecule has 5 N–H and O–H groups in total. The van der Waals surface area contributed by atoms with Crippen molar-refractivity contribution in [1.29, 1.82) is 0 Å². The molecule has 0 fully saturated rings. The van der Waals surface area contributed by atoms with Crippen LogP contribution in [0.15, 0.2) is 12.2 Å². The first-order valence-electron chi connectivity index (χ1n) is 5.79. The fourth-order valence-corrected chi connectivity index (χ4v) is 0.930. The van der Waals surface area contributed by atoms with Crippen molar-refractivity contribution < 1.29 is 32.7 Å². The van der Waals surface area contributed by atoms with Crippen LogP contribution >= 0.6 is 0 Å². The predicted molar refractivity (Wildman–Crippen MR) is 73.6 cm³/mol. The number of aliphatic hydroxyl groups excluding tert-OH is 2. The molecule has 8 nitrogen and oxygen atoms in total. The molecule has 120 valence electrons. The topological polar surface area (TPSA) is 147 Å². The molecule has 0 aliphatic carbocycles. The zero-order valence-corrected chi connectivity index (χ0v) is 12.5. The van der Waals surface area contributed by atoms with Gasteiger partial charge in [0.25, 0.3) is 10.1 Å². The molecular weight excluding hydrogens is 290 g/mol. The highest BCUT2D eigenvalue weighted by Gasteiger charge is 2.19. The number of hydrogen-bond donors (Lipinski definition) is 4. The number of carbonyl (C=O) groups excluding carboxylic acids is 1. The van der Waals surface area contributed by atoms with Gasteiger partial charge in [0.05, 0.1) is 18.8 Å². The van der Waals surface area contributed by atoms with Crippen molar-refractivity contribution in [3.63, 3.8) is 0 Å². The van der Waals surface area contributed by atoms with Gasteiger partial charge in [0.1, 0.15) is 12.4 Å². The largest absolute Gasteiger partial charge is 0.461 e. The summed E-state index contributed by atoms with van der Waals surface area (Å²) in [6.45, 7) is 5.89. The first kappa shape index (κ1) is 21.3. The van der Waals surface area contributed by atoms with E-state index in [4.69, 9.17) is 20.5 Å². The summed E-state index contributed by atoms with van der Waals surface area (Å²) in [6, 6.07) is 0. The van der Waals surface area contributed by atoms with Crippen LogP contribution in [0.1, 0.15) is 20.3 Å². The average molecular weight is 313 g/mol. The lowest BCUT2D eigenvalue weighted by Crippen LogP contribution is -2.46. The zero-order valence-electron chi connectivity index (χ0n) is 11.7. The molecule has 0 aromatic rings. The van der Waals surface area contributed by atoms with Gasteiger partial charge >= 0.3 is 5.97 Å². The molecule has 0 heterocycles. The predicted octanol–water partition coefficient (Wildman–Crippen LogP) is -0.928. The van der Waals surface area contributed by atoms with Gasteiger partial charge in [-0.05, 0) is 13.3 Å². The molecule has 0 saturated carbocycles. The van der Waals surface area contributed by atoms with Crippen molar-refractivity contribution in [2.45, 2.75) is 25.8 Å². The number of hydrogen-bond acceptors (Lipinski definition) is 7. The van der Waals surface area contributed by atoms with Crippen molar-refractivity contribution in [1.82, 2.24) is 0 Å². The third-order valence-electron chi connectivity index (χ3n) is 2.26. The lowest BCUT2D eigenvalue weighted by molar-refractivity contribution is -0.138. The van der Waals surface area contributed by atoms with Crippen molar-refractivity contribution >= 4 is 16.1 Å². The minimum absolute atomic E-state index is 0.153. The fraction of sp³-hybridized carbons (Fsp3) is 0.727. The van der Waals surface area contributed by atoms with E-state index in [0.717, 1.165) is 0 Å². The Morgan fingerprint density at radius 3 is 2.00 bits per heavy atom. The Bertz CT molecular complexity index is 393. The molecule has 0 aromatic heterocycles. The molecule has 0 unspecified atom stereocenters. The molecule has 9 heteroatoms. The average Bonchev–Trinajstić information content (AvgIpc) is 2.37. The maximum Gasteiger partial charge on any atom is 0.333 e. The molecule has 0 radical (unpaired) electrons. The number of carbonyl (C=O) groups is 1. The van der Waals surface area contributed by atoms with Crippen LogP contribution in [0.2, 0.25) is 0 Å². The maximum absolute atomic E-state index is 10.6. The zero-order chi connectivity index (χ0) is 16.4. The highest BCUT2D eigenvalue weighted by atomic mass is 32.2. The van der Waals surface area contributed by atoms with E-state index in [1.54, 1.807) is 0 Å². The Labute approximate surface area is 119 Å². The van der Waals surface area contributed by atoms with Crippen LogP contribution in [-0.2, 0) is 19.6 Å². The van der Waals surface area contributed by atoms with Gasteiger partial charge in [0.2, 0.25) is 0 Å². The van der Waals surface area contributed by atoms with Crippen LogP contribution in [0.3, 0.4) is 0 Å². The van der Waals surface area contributed by atoms with Crippen LogP contribution in [-0.4, -0.2) is 60.3 Å². The van der Waals surface area contributed by atoms with Crippen LogP contribution in [0.25, 0.3) is 0 Å². The van der Waals surface area contributed by atoms with Gasteiger partial charge in [-0.25, -0.2) is 4.79 Å². The Morgan fingerprint density at radius 2 is 1.80 bits per heavy atom. The summed E-state index contributed by atoms with van der Waals surface area (Å²) in [5.74, 6) is -1.26. The lowest BCUT2D eigenvalue weighted by atomic mass is 10.0. The summed E-state index contributed by atoms with van der Waals surface area (Å²) in [6.07, 6.45) is 0.597.